The predicted molar refractivity (Wildman–Crippen MR) is 148 cm³/mol. The molecule has 2 aromatic heterocycles. The highest BCUT2D eigenvalue weighted by molar-refractivity contribution is 7.89. The summed E-state index contributed by atoms with van der Waals surface area (Å²) in [6.45, 7) is -0.356. The number of piperazine rings is 1. The van der Waals surface area contributed by atoms with Gasteiger partial charge in [-0.3, -0.25) is 9.78 Å². The number of carbonyl (C=O) groups is 1. The number of nitrogens with zero attached hydrogens (tertiary/aromatic N) is 4. The zero-order chi connectivity index (χ0) is 32.4. The van der Waals surface area contributed by atoms with Crippen molar-refractivity contribution in [2.75, 3.05) is 24.5 Å². The molecule has 1 aliphatic heterocycles. The molecule has 1 fully saturated rings. The number of rotatable bonds is 8. The highest BCUT2D eigenvalue weighted by atomic mass is 32.2. The number of hydrogen-bond acceptors (Lipinski definition) is 8. The second kappa shape index (κ2) is 12.4. The van der Waals surface area contributed by atoms with Gasteiger partial charge in [-0.15, -0.1) is 26.3 Å². The van der Waals surface area contributed by atoms with Crippen LogP contribution in [0.3, 0.4) is 0 Å². The summed E-state index contributed by atoms with van der Waals surface area (Å²) in [7, 11) is -4.41. The summed E-state index contributed by atoms with van der Waals surface area (Å²) in [5.41, 5.74) is 1.61. The number of halogens is 6. The second-order valence-corrected chi connectivity index (χ2v) is 11.6. The number of benzene rings is 2. The summed E-state index contributed by atoms with van der Waals surface area (Å²) < 4.78 is 111. The van der Waals surface area contributed by atoms with E-state index >= 15 is 0 Å². The largest absolute Gasteiger partial charge is 0.573 e. The Morgan fingerprint density at radius 3 is 2.09 bits per heavy atom. The maximum Gasteiger partial charge on any atom is 0.573 e. The van der Waals surface area contributed by atoms with E-state index in [9.17, 15) is 39.6 Å². The minimum atomic E-state index is -4.97. The van der Waals surface area contributed by atoms with Crippen LogP contribution in [0.1, 0.15) is 5.56 Å². The first-order chi connectivity index (χ1) is 21.2. The van der Waals surface area contributed by atoms with Gasteiger partial charge < -0.3 is 19.7 Å². The number of nitrogens with one attached hydrogen (secondary N) is 1. The Labute approximate surface area is 252 Å². The minimum Gasteiger partial charge on any atom is -0.406 e. The van der Waals surface area contributed by atoms with Crippen LogP contribution in [0.2, 0.25) is 0 Å². The maximum atomic E-state index is 13.7. The van der Waals surface area contributed by atoms with Gasteiger partial charge in [-0.2, -0.15) is 4.31 Å². The molecule has 1 atom stereocenters. The van der Waals surface area contributed by atoms with Crippen molar-refractivity contribution in [3.05, 3.63) is 84.6 Å². The van der Waals surface area contributed by atoms with E-state index in [4.69, 9.17) is 0 Å². The van der Waals surface area contributed by atoms with Crippen LogP contribution < -0.4 is 19.7 Å². The summed E-state index contributed by atoms with van der Waals surface area (Å²) in [5.74, 6) is -1.34. The molecule has 3 heterocycles. The molecule has 1 amide bonds. The molecule has 10 nitrogen and oxygen atoms in total. The van der Waals surface area contributed by atoms with Gasteiger partial charge in [0.2, 0.25) is 15.9 Å². The van der Waals surface area contributed by atoms with Gasteiger partial charge in [-0.05, 0) is 66.2 Å². The Bertz CT molecular complexity index is 1770. The SMILES string of the molecule is O=C(NCc1ccc(OC(F)(F)F)cc1)C1CN(c2ccc3ncccc3n2)CCN1S(=O)(=O)c1ccc(OC(F)(F)F)cc1. The number of fused-ring (bicyclic) bond motifs is 1. The number of aromatic nitrogens is 2. The molecule has 1 N–H and O–H groups in total. The second-order valence-electron chi connectivity index (χ2n) is 9.72. The van der Waals surface area contributed by atoms with Gasteiger partial charge in [-0.25, -0.2) is 13.4 Å². The Morgan fingerprint density at radius 2 is 1.47 bits per heavy atom. The normalized spacial score (nSPS) is 16.4. The molecule has 0 aliphatic carbocycles. The molecule has 45 heavy (non-hydrogen) atoms. The highest BCUT2D eigenvalue weighted by Crippen LogP contribution is 2.29. The summed E-state index contributed by atoms with van der Waals surface area (Å²) >= 11 is 0. The number of amides is 1. The fraction of sp³-hybridized carbons (Fsp3) is 0.250. The van der Waals surface area contributed by atoms with Crippen molar-refractivity contribution in [3.8, 4) is 11.5 Å². The third kappa shape index (κ3) is 7.91. The average Bonchev–Trinajstić information content (AvgIpc) is 2.98. The maximum absolute atomic E-state index is 13.7. The molecule has 1 saturated heterocycles. The predicted octanol–water partition coefficient (Wildman–Crippen LogP) is 4.62. The molecule has 0 radical (unpaired) electrons. The van der Waals surface area contributed by atoms with Crippen LogP contribution in [-0.2, 0) is 21.4 Å². The Balaban J connectivity index is 1.38. The van der Waals surface area contributed by atoms with E-state index < -0.39 is 46.2 Å². The first-order valence-corrected chi connectivity index (χ1v) is 14.6. The molecule has 2 aromatic carbocycles. The number of anilines is 1. The van der Waals surface area contributed by atoms with E-state index in [0.717, 1.165) is 40.7 Å². The van der Waals surface area contributed by atoms with Crippen LogP contribution in [-0.4, -0.2) is 67.0 Å². The van der Waals surface area contributed by atoms with Crippen LogP contribution >= 0.6 is 0 Å². The molecule has 0 spiro atoms. The molecule has 1 aliphatic rings. The van der Waals surface area contributed by atoms with Crippen molar-refractivity contribution in [1.29, 1.82) is 0 Å². The first-order valence-electron chi connectivity index (χ1n) is 13.1. The Kier molecular flexibility index (Phi) is 8.75. The Hall–Kier alpha value is -4.64. The van der Waals surface area contributed by atoms with Crippen molar-refractivity contribution in [1.82, 2.24) is 19.6 Å². The van der Waals surface area contributed by atoms with Crippen LogP contribution in [0.15, 0.2) is 83.9 Å². The summed E-state index contributed by atoms with van der Waals surface area (Å²) in [6.07, 6.45) is -8.25. The van der Waals surface area contributed by atoms with Crippen molar-refractivity contribution in [3.63, 3.8) is 0 Å². The lowest BCUT2D eigenvalue weighted by atomic mass is 10.1. The molecular formula is C28H23F6N5O5S. The van der Waals surface area contributed by atoms with E-state index in [1.165, 1.54) is 12.1 Å². The fourth-order valence-electron chi connectivity index (χ4n) is 4.66. The molecule has 238 valence electrons. The summed E-state index contributed by atoms with van der Waals surface area (Å²) in [4.78, 5) is 23.7. The first kappa shape index (κ1) is 31.8. The zero-order valence-corrected chi connectivity index (χ0v) is 23.7. The fourth-order valence-corrected chi connectivity index (χ4v) is 6.23. The van der Waals surface area contributed by atoms with Gasteiger partial charge in [0.25, 0.3) is 0 Å². The van der Waals surface area contributed by atoms with Crippen LogP contribution in [0.5, 0.6) is 11.5 Å². The lowest BCUT2D eigenvalue weighted by Crippen LogP contribution is -2.60. The lowest BCUT2D eigenvalue weighted by Gasteiger charge is -2.40. The van der Waals surface area contributed by atoms with Gasteiger partial charge in [0.1, 0.15) is 23.4 Å². The molecule has 1 unspecified atom stereocenters. The Morgan fingerprint density at radius 1 is 0.844 bits per heavy atom. The number of ether oxygens (including phenoxy) is 2. The quantitative estimate of drug-likeness (QED) is 0.274. The third-order valence-corrected chi connectivity index (χ3v) is 8.61. The smallest absolute Gasteiger partial charge is 0.406 e. The van der Waals surface area contributed by atoms with Crippen LogP contribution in [0.25, 0.3) is 11.0 Å². The minimum absolute atomic E-state index is 0.123. The molecule has 4 aromatic rings. The van der Waals surface area contributed by atoms with Crippen LogP contribution in [0, 0.1) is 0 Å². The number of carbonyl (C=O) groups excluding carboxylic acids is 1. The van der Waals surface area contributed by atoms with Crippen molar-refractivity contribution < 1.29 is 49.0 Å². The number of sulfonamides is 1. The average molecular weight is 656 g/mol. The number of alkyl halides is 6. The third-order valence-electron chi connectivity index (χ3n) is 6.69. The molecule has 17 heteroatoms. The highest BCUT2D eigenvalue weighted by Gasteiger charge is 2.41. The van der Waals surface area contributed by atoms with Gasteiger partial charge in [0.05, 0.1) is 15.9 Å². The zero-order valence-electron chi connectivity index (χ0n) is 22.9. The molecule has 0 bridgehead atoms. The van der Waals surface area contributed by atoms with E-state index in [2.05, 4.69) is 24.8 Å². The molecule has 0 saturated carbocycles. The standard InChI is InChI=1S/C28H23F6N5O5S/c29-27(30,31)43-19-5-3-18(4-6-19)16-36-26(40)24-17-38(25-12-11-22-23(37-25)2-1-13-35-22)14-15-39(24)45(41,42)21-9-7-20(8-10-21)44-28(32,33)34/h1-13,24H,14-17H2,(H,36,40). The number of pyridine rings is 2. The topological polar surface area (TPSA) is 114 Å². The summed E-state index contributed by atoms with van der Waals surface area (Å²) in [5, 5.41) is 2.62. The van der Waals surface area contributed by atoms with E-state index in [0.29, 0.717) is 22.4 Å². The van der Waals surface area contributed by atoms with Gasteiger partial charge >= 0.3 is 12.7 Å². The van der Waals surface area contributed by atoms with Gasteiger partial charge in [-0.1, -0.05) is 12.1 Å². The van der Waals surface area contributed by atoms with Crippen molar-refractivity contribution >= 4 is 32.8 Å². The summed E-state index contributed by atoms with van der Waals surface area (Å²) in [6, 6.07) is 13.9. The van der Waals surface area contributed by atoms with Gasteiger partial charge in [0, 0.05) is 32.4 Å². The van der Waals surface area contributed by atoms with Gasteiger partial charge in [0.15, 0.2) is 0 Å². The van der Waals surface area contributed by atoms with E-state index in [1.54, 1.807) is 35.4 Å². The number of hydrogen-bond donors (Lipinski definition) is 1. The molecule has 5 rings (SSSR count). The monoisotopic (exact) mass is 655 g/mol. The van der Waals surface area contributed by atoms with E-state index in [-0.39, 0.29) is 31.1 Å². The van der Waals surface area contributed by atoms with Crippen molar-refractivity contribution in [2.45, 2.75) is 30.2 Å². The van der Waals surface area contributed by atoms with Crippen molar-refractivity contribution in [2.24, 2.45) is 0 Å². The molecular weight excluding hydrogens is 632 g/mol. The van der Waals surface area contributed by atoms with E-state index in [1.807, 2.05) is 0 Å². The van der Waals surface area contributed by atoms with Crippen LogP contribution in [0.4, 0.5) is 32.2 Å². The lowest BCUT2D eigenvalue weighted by molar-refractivity contribution is -0.275.